The minimum atomic E-state index is 0.699. The van der Waals surface area contributed by atoms with E-state index in [9.17, 15) is 0 Å². The highest BCUT2D eigenvalue weighted by Crippen LogP contribution is 2.44. The van der Waals surface area contributed by atoms with Crippen molar-refractivity contribution in [1.82, 2.24) is 0 Å². The lowest BCUT2D eigenvalue weighted by atomic mass is 9.97. The third kappa shape index (κ3) is 1.48. The van der Waals surface area contributed by atoms with Crippen LogP contribution in [0.15, 0.2) is 23.8 Å². The highest BCUT2D eigenvalue weighted by molar-refractivity contribution is 5.29. The summed E-state index contributed by atoms with van der Waals surface area (Å²) in [4.78, 5) is 0. The topological polar surface area (TPSA) is 0 Å². The molecule has 1 saturated carbocycles. The van der Waals surface area contributed by atoms with Crippen molar-refractivity contribution in [3.8, 4) is 0 Å². The Balaban J connectivity index is 2.02. The molecule has 0 heterocycles. The molecule has 0 aliphatic heterocycles. The van der Waals surface area contributed by atoms with Gasteiger partial charge in [0.15, 0.2) is 0 Å². The van der Waals surface area contributed by atoms with Crippen molar-refractivity contribution in [2.24, 2.45) is 17.8 Å². The molecule has 66 valence electrons. The molecule has 2 unspecified atom stereocenters. The van der Waals surface area contributed by atoms with Gasteiger partial charge in [-0.2, -0.15) is 0 Å². The van der Waals surface area contributed by atoms with Crippen molar-refractivity contribution >= 4 is 0 Å². The SMILES string of the molecule is CC(C)/C=C/C1=CC2CCC1C2. The molecular formula is C12H18. The lowest BCUT2D eigenvalue weighted by Crippen LogP contribution is -1.94. The van der Waals surface area contributed by atoms with Crippen LogP contribution in [-0.4, -0.2) is 0 Å². The second-order valence-corrected chi connectivity index (χ2v) is 4.54. The Morgan fingerprint density at radius 3 is 2.75 bits per heavy atom. The van der Waals surface area contributed by atoms with Gasteiger partial charge < -0.3 is 0 Å². The summed E-state index contributed by atoms with van der Waals surface area (Å²) in [5.74, 6) is 2.55. The van der Waals surface area contributed by atoms with Crippen molar-refractivity contribution in [1.29, 1.82) is 0 Å². The number of rotatable bonds is 2. The van der Waals surface area contributed by atoms with Crippen LogP contribution in [0.2, 0.25) is 0 Å². The zero-order valence-electron chi connectivity index (χ0n) is 8.09. The Kier molecular flexibility index (Phi) is 2.08. The maximum absolute atomic E-state index is 2.49. The van der Waals surface area contributed by atoms with Crippen molar-refractivity contribution in [2.75, 3.05) is 0 Å². The Morgan fingerprint density at radius 2 is 2.25 bits per heavy atom. The molecule has 0 nitrogen and oxygen atoms in total. The molecule has 0 aromatic rings. The maximum atomic E-state index is 2.49. The largest absolute Gasteiger partial charge is 0.0817 e. The van der Waals surface area contributed by atoms with E-state index in [1.807, 2.05) is 0 Å². The highest BCUT2D eigenvalue weighted by atomic mass is 14.4. The molecule has 0 spiro atoms. The van der Waals surface area contributed by atoms with Crippen molar-refractivity contribution < 1.29 is 0 Å². The van der Waals surface area contributed by atoms with E-state index in [-0.39, 0.29) is 0 Å². The predicted octanol–water partition coefficient (Wildman–Crippen LogP) is 3.55. The van der Waals surface area contributed by atoms with Crippen LogP contribution in [-0.2, 0) is 0 Å². The van der Waals surface area contributed by atoms with Crippen LogP contribution in [0.1, 0.15) is 33.1 Å². The van der Waals surface area contributed by atoms with Crippen LogP contribution in [0, 0.1) is 17.8 Å². The maximum Gasteiger partial charge on any atom is -0.0159 e. The van der Waals surface area contributed by atoms with E-state index in [2.05, 4.69) is 32.1 Å². The first-order chi connectivity index (χ1) is 5.75. The zero-order valence-corrected chi connectivity index (χ0v) is 8.09. The highest BCUT2D eigenvalue weighted by Gasteiger charge is 2.31. The molecule has 0 aromatic heterocycles. The number of allylic oxidation sites excluding steroid dienone is 4. The molecule has 2 aliphatic rings. The van der Waals surface area contributed by atoms with E-state index < -0.39 is 0 Å². The van der Waals surface area contributed by atoms with Crippen LogP contribution in [0.3, 0.4) is 0 Å². The summed E-state index contributed by atoms with van der Waals surface area (Å²) in [6.07, 6.45) is 11.5. The van der Waals surface area contributed by atoms with Gasteiger partial charge in [-0.05, 0) is 42.6 Å². The van der Waals surface area contributed by atoms with Gasteiger partial charge in [-0.25, -0.2) is 0 Å². The first-order valence-corrected chi connectivity index (χ1v) is 5.15. The third-order valence-corrected chi connectivity index (χ3v) is 3.05. The van der Waals surface area contributed by atoms with E-state index in [0.717, 1.165) is 11.8 Å². The molecule has 1 fully saturated rings. The molecule has 0 heteroatoms. The summed E-state index contributed by atoms with van der Waals surface area (Å²) in [5, 5.41) is 0. The molecule has 2 atom stereocenters. The first kappa shape index (κ1) is 8.10. The van der Waals surface area contributed by atoms with Crippen molar-refractivity contribution in [3.05, 3.63) is 23.8 Å². The smallest absolute Gasteiger partial charge is 0.0159 e. The van der Waals surface area contributed by atoms with Gasteiger partial charge in [0.1, 0.15) is 0 Å². The average molecular weight is 162 g/mol. The van der Waals surface area contributed by atoms with E-state index in [4.69, 9.17) is 0 Å². The Morgan fingerprint density at radius 1 is 1.42 bits per heavy atom. The standard InChI is InChI=1S/C12H18/c1-9(2)3-5-11-7-10-4-6-12(11)8-10/h3,5,7,9-10,12H,4,6,8H2,1-2H3/b5-3+. The van der Waals surface area contributed by atoms with Crippen LogP contribution >= 0.6 is 0 Å². The zero-order chi connectivity index (χ0) is 8.55. The Bertz CT molecular complexity index is 220. The van der Waals surface area contributed by atoms with Gasteiger partial charge in [0.2, 0.25) is 0 Å². The van der Waals surface area contributed by atoms with Crippen LogP contribution in [0.5, 0.6) is 0 Å². The fourth-order valence-electron chi connectivity index (χ4n) is 2.37. The summed E-state index contributed by atoms with van der Waals surface area (Å²) >= 11 is 0. The summed E-state index contributed by atoms with van der Waals surface area (Å²) in [7, 11) is 0. The number of fused-ring (bicyclic) bond motifs is 2. The second kappa shape index (κ2) is 3.08. The molecule has 0 amide bonds. The molecule has 0 N–H and O–H groups in total. The Labute approximate surface area is 75.4 Å². The van der Waals surface area contributed by atoms with Gasteiger partial charge in [0, 0.05) is 0 Å². The molecule has 0 aromatic carbocycles. The Hall–Kier alpha value is -0.520. The molecule has 2 aliphatic carbocycles. The van der Waals surface area contributed by atoms with Gasteiger partial charge in [-0.1, -0.05) is 32.1 Å². The quantitative estimate of drug-likeness (QED) is 0.582. The van der Waals surface area contributed by atoms with Crippen LogP contribution < -0.4 is 0 Å². The fraction of sp³-hybridized carbons (Fsp3) is 0.667. The lowest BCUT2D eigenvalue weighted by Gasteiger charge is -2.08. The number of hydrogen-bond acceptors (Lipinski definition) is 0. The van der Waals surface area contributed by atoms with Gasteiger partial charge in [-0.3, -0.25) is 0 Å². The normalized spacial score (nSPS) is 33.8. The second-order valence-electron chi connectivity index (χ2n) is 4.54. The summed E-state index contributed by atoms with van der Waals surface area (Å²) < 4.78 is 0. The third-order valence-electron chi connectivity index (χ3n) is 3.05. The predicted molar refractivity (Wildman–Crippen MR) is 52.9 cm³/mol. The molecule has 2 rings (SSSR count). The van der Waals surface area contributed by atoms with Gasteiger partial charge in [-0.15, -0.1) is 0 Å². The first-order valence-electron chi connectivity index (χ1n) is 5.15. The molecular weight excluding hydrogens is 144 g/mol. The molecule has 0 radical (unpaired) electrons. The van der Waals surface area contributed by atoms with Crippen molar-refractivity contribution in [2.45, 2.75) is 33.1 Å². The minimum Gasteiger partial charge on any atom is -0.0817 e. The molecule has 2 bridgehead atoms. The monoisotopic (exact) mass is 162 g/mol. The van der Waals surface area contributed by atoms with E-state index in [1.165, 1.54) is 19.3 Å². The fourth-order valence-corrected chi connectivity index (χ4v) is 2.37. The number of hydrogen-bond donors (Lipinski definition) is 0. The van der Waals surface area contributed by atoms with Crippen LogP contribution in [0.4, 0.5) is 0 Å². The summed E-state index contributed by atoms with van der Waals surface area (Å²) in [6.45, 7) is 4.48. The van der Waals surface area contributed by atoms with Gasteiger partial charge in [0.25, 0.3) is 0 Å². The summed E-state index contributed by atoms with van der Waals surface area (Å²) in [5.41, 5.74) is 1.62. The van der Waals surface area contributed by atoms with E-state index in [1.54, 1.807) is 5.57 Å². The lowest BCUT2D eigenvalue weighted by molar-refractivity contribution is 0.669. The van der Waals surface area contributed by atoms with Gasteiger partial charge >= 0.3 is 0 Å². The molecule has 12 heavy (non-hydrogen) atoms. The van der Waals surface area contributed by atoms with E-state index in [0.29, 0.717) is 5.92 Å². The van der Waals surface area contributed by atoms with Gasteiger partial charge in [0.05, 0.1) is 0 Å². The summed E-state index contributed by atoms with van der Waals surface area (Å²) in [6, 6.07) is 0. The molecule has 0 saturated heterocycles. The van der Waals surface area contributed by atoms with Crippen LogP contribution in [0.25, 0.3) is 0 Å². The van der Waals surface area contributed by atoms with E-state index >= 15 is 0 Å². The minimum absolute atomic E-state index is 0.699. The average Bonchev–Trinajstić information content (AvgIpc) is 2.60. The van der Waals surface area contributed by atoms with Crippen molar-refractivity contribution in [3.63, 3.8) is 0 Å².